The van der Waals surface area contributed by atoms with Crippen LogP contribution in [-0.2, 0) is 6.42 Å². The number of rotatable bonds is 3. The Bertz CT molecular complexity index is 1290. The molecule has 0 aliphatic heterocycles. The summed E-state index contributed by atoms with van der Waals surface area (Å²) in [6.45, 7) is 14.3. The summed E-state index contributed by atoms with van der Waals surface area (Å²) in [6, 6.07) is 8.18. The molecule has 1 heterocycles. The molecule has 4 aliphatic carbocycles. The molecule has 0 spiro atoms. The fraction of sp³-hybridized carbons (Fsp3) is 0.676. The zero-order valence-electron chi connectivity index (χ0n) is 24.1. The molecule has 2 N–H and O–H groups in total. The molecule has 3 nitrogen and oxygen atoms in total. The molecular weight excluding hydrogens is 490 g/mol. The first-order valence-electron chi connectivity index (χ1n) is 14.9. The van der Waals surface area contributed by atoms with E-state index in [4.69, 9.17) is 16.6 Å². The van der Waals surface area contributed by atoms with E-state index in [1.165, 1.54) is 24.0 Å². The highest BCUT2D eigenvalue weighted by molar-refractivity contribution is 6.31. The lowest BCUT2D eigenvalue weighted by molar-refractivity contribution is -0.203. The first-order chi connectivity index (χ1) is 17.8. The van der Waals surface area contributed by atoms with Gasteiger partial charge in [-0.1, -0.05) is 64.8 Å². The van der Waals surface area contributed by atoms with Crippen molar-refractivity contribution in [3.8, 4) is 0 Å². The van der Waals surface area contributed by atoms with Crippen molar-refractivity contribution in [2.24, 2.45) is 45.3 Å². The number of hydrogen-bond acceptors (Lipinski definition) is 3. The molecule has 0 unspecified atom stereocenters. The summed E-state index contributed by atoms with van der Waals surface area (Å²) in [4.78, 5) is 4.72. The van der Waals surface area contributed by atoms with E-state index in [-0.39, 0.29) is 33.9 Å². The molecule has 1 aromatic carbocycles. The quantitative estimate of drug-likeness (QED) is 0.391. The number of allylic oxidation sites excluding steroid dienone is 1. The maximum atomic E-state index is 12.1. The van der Waals surface area contributed by atoms with Crippen molar-refractivity contribution in [3.05, 3.63) is 52.7 Å². The Kier molecular flexibility index (Phi) is 6.19. The van der Waals surface area contributed by atoms with Crippen LogP contribution in [0.2, 0.25) is 5.02 Å². The van der Waals surface area contributed by atoms with E-state index in [1.807, 2.05) is 24.4 Å². The Labute approximate surface area is 234 Å². The van der Waals surface area contributed by atoms with Crippen molar-refractivity contribution < 1.29 is 10.2 Å². The second-order valence-electron chi connectivity index (χ2n) is 14.7. The maximum Gasteiger partial charge on any atom is 0.0703 e. The van der Waals surface area contributed by atoms with E-state index >= 15 is 0 Å². The van der Waals surface area contributed by atoms with Crippen molar-refractivity contribution in [1.29, 1.82) is 0 Å². The highest BCUT2D eigenvalue weighted by atomic mass is 35.5. The summed E-state index contributed by atoms with van der Waals surface area (Å²) < 4.78 is 0. The van der Waals surface area contributed by atoms with E-state index < -0.39 is 0 Å². The third-order valence-electron chi connectivity index (χ3n) is 12.9. The minimum absolute atomic E-state index is 0.0959. The van der Waals surface area contributed by atoms with Crippen LogP contribution in [0.15, 0.2) is 42.1 Å². The minimum Gasteiger partial charge on any atom is -0.393 e. The Hall–Kier alpha value is -1.42. The largest absolute Gasteiger partial charge is 0.393 e. The number of pyridine rings is 1. The lowest BCUT2D eigenvalue weighted by Gasteiger charge is -2.67. The average Bonchev–Trinajstić information content (AvgIpc) is 3.12. The first-order valence-corrected chi connectivity index (χ1v) is 15.3. The van der Waals surface area contributed by atoms with E-state index in [2.05, 4.69) is 53.7 Å². The second kappa shape index (κ2) is 8.79. The molecule has 206 valence electrons. The van der Waals surface area contributed by atoms with Crippen LogP contribution in [0.25, 0.3) is 10.9 Å². The monoisotopic (exact) mass is 535 g/mol. The van der Waals surface area contributed by atoms with Crippen LogP contribution in [0.4, 0.5) is 0 Å². The molecule has 9 atom stereocenters. The zero-order chi connectivity index (χ0) is 27.3. The van der Waals surface area contributed by atoms with Gasteiger partial charge in [-0.2, -0.15) is 0 Å². The van der Waals surface area contributed by atoms with E-state index in [9.17, 15) is 10.2 Å². The van der Waals surface area contributed by atoms with Gasteiger partial charge in [0, 0.05) is 27.4 Å². The number of halogens is 1. The Morgan fingerprint density at radius 1 is 1.00 bits per heavy atom. The molecular formula is C34H46ClNO2. The van der Waals surface area contributed by atoms with Gasteiger partial charge in [0.05, 0.1) is 17.7 Å². The zero-order valence-corrected chi connectivity index (χ0v) is 24.9. The van der Waals surface area contributed by atoms with Gasteiger partial charge in [-0.15, -0.1) is 0 Å². The lowest BCUT2D eigenvalue weighted by Crippen LogP contribution is -2.64. The van der Waals surface area contributed by atoms with Crippen molar-refractivity contribution in [1.82, 2.24) is 4.98 Å². The highest BCUT2D eigenvalue weighted by Crippen LogP contribution is 2.74. The number of nitrogens with zero attached hydrogens (tertiary/aromatic N) is 1. The topological polar surface area (TPSA) is 53.4 Å². The molecule has 2 aromatic rings. The molecule has 4 heteroatoms. The smallest absolute Gasteiger partial charge is 0.0703 e. The molecule has 0 bridgehead atoms. The Balaban J connectivity index is 1.31. The SMILES string of the molecule is C[C@H](Cc1cnc2ccc(Cl)cc2c1)[C@H]1CC[C@@]2(C)[C@@H]3CC=C4[C@@H](CC[C@H](O)C4(C)C)[C@]3(C)[C@H](O)C[C@]12C. The summed E-state index contributed by atoms with van der Waals surface area (Å²) >= 11 is 6.27. The fourth-order valence-electron chi connectivity index (χ4n) is 10.4. The van der Waals surface area contributed by atoms with Crippen molar-refractivity contribution in [3.63, 3.8) is 0 Å². The van der Waals surface area contributed by atoms with E-state index in [1.54, 1.807) is 0 Å². The normalized spacial score (nSPS) is 42.7. The summed E-state index contributed by atoms with van der Waals surface area (Å²) in [6.07, 6.45) is 11.1. The Morgan fingerprint density at radius 2 is 1.76 bits per heavy atom. The van der Waals surface area contributed by atoms with Gasteiger partial charge in [-0.05, 0) is 109 Å². The molecule has 1 aromatic heterocycles. The number of aliphatic hydroxyl groups excluding tert-OH is 2. The summed E-state index contributed by atoms with van der Waals surface area (Å²) in [7, 11) is 0. The van der Waals surface area contributed by atoms with Gasteiger partial charge in [0.25, 0.3) is 0 Å². The van der Waals surface area contributed by atoms with Gasteiger partial charge in [0.2, 0.25) is 0 Å². The molecule has 0 radical (unpaired) electrons. The molecule has 4 aliphatic rings. The fourth-order valence-corrected chi connectivity index (χ4v) is 10.6. The molecule has 38 heavy (non-hydrogen) atoms. The van der Waals surface area contributed by atoms with Gasteiger partial charge in [-0.3, -0.25) is 4.98 Å². The van der Waals surface area contributed by atoms with E-state index in [0.29, 0.717) is 23.7 Å². The average molecular weight is 536 g/mol. The molecule has 0 amide bonds. The highest BCUT2D eigenvalue weighted by Gasteiger charge is 2.70. The predicted octanol–water partition coefficient (Wildman–Crippen LogP) is 8.00. The molecule has 0 saturated heterocycles. The van der Waals surface area contributed by atoms with Crippen LogP contribution in [0.5, 0.6) is 0 Å². The maximum absolute atomic E-state index is 12.1. The lowest BCUT2D eigenvalue weighted by atomic mass is 9.38. The van der Waals surface area contributed by atoms with Crippen LogP contribution < -0.4 is 0 Å². The number of aromatic nitrogens is 1. The molecule has 6 rings (SSSR count). The van der Waals surface area contributed by atoms with Gasteiger partial charge in [0.1, 0.15) is 0 Å². The number of benzene rings is 1. The first kappa shape index (κ1) is 26.8. The second-order valence-corrected chi connectivity index (χ2v) is 15.2. The van der Waals surface area contributed by atoms with Crippen LogP contribution >= 0.6 is 11.6 Å². The summed E-state index contributed by atoms with van der Waals surface area (Å²) in [5, 5.41) is 24.8. The minimum atomic E-state index is -0.317. The van der Waals surface area contributed by atoms with Gasteiger partial charge in [0.15, 0.2) is 0 Å². The van der Waals surface area contributed by atoms with E-state index in [0.717, 1.165) is 48.0 Å². The van der Waals surface area contributed by atoms with Gasteiger partial charge >= 0.3 is 0 Å². The van der Waals surface area contributed by atoms with Crippen LogP contribution in [0.1, 0.15) is 85.6 Å². The van der Waals surface area contributed by atoms with Gasteiger partial charge in [-0.25, -0.2) is 0 Å². The number of fused-ring (bicyclic) bond motifs is 6. The standard InChI is InChI=1S/C34H46ClNO2/c1-20(15-21-16-22-17-23(35)7-10-27(22)36-19-21)24-13-14-32(4)28-11-8-25-26(9-12-29(37)31(25,2)3)34(28,6)30(38)18-33(24,32)5/h7-8,10,16-17,19-20,24,26,28-30,37-38H,9,11-15,18H2,1-6H3/t20-,24-,26-,28+,29+,30-,32+,33-,34+/m1/s1. The van der Waals surface area contributed by atoms with Crippen molar-refractivity contribution in [2.45, 2.75) is 98.7 Å². The third kappa shape index (κ3) is 3.57. The van der Waals surface area contributed by atoms with Crippen LogP contribution in [-0.4, -0.2) is 27.4 Å². The number of hydrogen-bond donors (Lipinski definition) is 2. The molecule has 3 saturated carbocycles. The number of aliphatic hydroxyl groups is 2. The Morgan fingerprint density at radius 3 is 2.53 bits per heavy atom. The van der Waals surface area contributed by atoms with Crippen molar-refractivity contribution >= 4 is 22.5 Å². The molecule has 3 fully saturated rings. The predicted molar refractivity (Wildman–Crippen MR) is 156 cm³/mol. The van der Waals surface area contributed by atoms with Crippen LogP contribution in [0, 0.1) is 45.3 Å². The third-order valence-corrected chi connectivity index (χ3v) is 13.1. The van der Waals surface area contributed by atoms with Crippen molar-refractivity contribution in [2.75, 3.05) is 0 Å². The summed E-state index contributed by atoms with van der Waals surface area (Å²) in [5.74, 6) is 1.90. The van der Waals surface area contributed by atoms with Gasteiger partial charge < -0.3 is 10.2 Å². The van der Waals surface area contributed by atoms with Crippen LogP contribution in [0.3, 0.4) is 0 Å². The summed E-state index contributed by atoms with van der Waals surface area (Å²) in [5.41, 5.74) is 3.63.